The Kier molecular flexibility index (Phi) is 4.85. The van der Waals surface area contributed by atoms with Gasteiger partial charge in [0.15, 0.2) is 17.3 Å². The summed E-state index contributed by atoms with van der Waals surface area (Å²) in [5.41, 5.74) is 0.736. The van der Waals surface area contributed by atoms with Gasteiger partial charge in [0, 0.05) is 0 Å². The molecule has 0 saturated carbocycles. The number of hydrogen-bond acceptors (Lipinski definition) is 4. The molecule has 0 radical (unpaired) electrons. The Bertz CT molecular complexity index is 686. The molecule has 0 aliphatic rings. The molecule has 0 aliphatic carbocycles. The fraction of sp³-hybridized carbons (Fsp3) is 0.188. The van der Waals surface area contributed by atoms with Gasteiger partial charge in [-0.2, -0.15) is 0 Å². The van der Waals surface area contributed by atoms with Crippen LogP contribution in [0.2, 0.25) is 0 Å². The molecule has 2 aromatic rings. The lowest BCUT2D eigenvalue weighted by Gasteiger charge is -2.08. The van der Waals surface area contributed by atoms with E-state index in [1.165, 1.54) is 6.08 Å². The van der Waals surface area contributed by atoms with Gasteiger partial charge < -0.3 is 14.3 Å². The highest BCUT2D eigenvalue weighted by molar-refractivity contribution is 9.10. The third-order valence-corrected chi connectivity index (χ3v) is 3.37. The van der Waals surface area contributed by atoms with Crippen LogP contribution in [0.5, 0.6) is 11.5 Å². The smallest absolute Gasteiger partial charge is 0.221 e. The monoisotopic (exact) mass is 350 g/mol. The van der Waals surface area contributed by atoms with E-state index in [4.69, 9.17) is 9.15 Å². The van der Waals surface area contributed by atoms with E-state index in [1.807, 2.05) is 6.92 Å². The highest BCUT2D eigenvalue weighted by Crippen LogP contribution is 2.35. The fourth-order valence-corrected chi connectivity index (χ4v) is 2.24. The summed E-state index contributed by atoms with van der Waals surface area (Å²) in [5.74, 6) is 1.18. The SMILES string of the molecule is CCOc1cc(/C=C/C(=O)c2ccc(C)o2)cc(Br)c1O. The Labute approximate surface area is 131 Å². The van der Waals surface area contributed by atoms with Gasteiger partial charge in [0.2, 0.25) is 5.78 Å². The van der Waals surface area contributed by atoms with Crippen molar-refractivity contribution in [1.82, 2.24) is 0 Å². The largest absolute Gasteiger partial charge is 0.503 e. The second kappa shape index (κ2) is 6.63. The lowest BCUT2D eigenvalue weighted by molar-refractivity contribution is 0.102. The van der Waals surface area contributed by atoms with Crippen LogP contribution in [0.25, 0.3) is 6.08 Å². The highest BCUT2D eigenvalue weighted by atomic mass is 79.9. The zero-order valence-corrected chi connectivity index (χ0v) is 13.3. The summed E-state index contributed by atoms with van der Waals surface area (Å²) in [7, 11) is 0. The van der Waals surface area contributed by atoms with Gasteiger partial charge in [0.1, 0.15) is 5.76 Å². The number of carbonyl (C=O) groups is 1. The van der Waals surface area contributed by atoms with Crippen LogP contribution in [-0.2, 0) is 0 Å². The van der Waals surface area contributed by atoms with Crippen molar-refractivity contribution in [2.24, 2.45) is 0 Å². The number of ether oxygens (including phenoxy) is 1. The molecule has 0 saturated heterocycles. The van der Waals surface area contributed by atoms with Gasteiger partial charge in [-0.3, -0.25) is 4.79 Å². The third-order valence-electron chi connectivity index (χ3n) is 2.76. The number of aromatic hydroxyl groups is 1. The number of carbonyl (C=O) groups excluding carboxylic acids is 1. The third kappa shape index (κ3) is 3.76. The molecule has 0 spiro atoms. The molecule has 21 heavy (non-hydrogen) atoms. The number of furan rings is 1. The van der Waals surface area contributed by atoms with E-state index in [1.54, 1.807) is 37.3 Å². The molecule has 1 heterocycles. The van der Waals surface area contributed by atoms with E-state index in [9.17, 15) is 9.90 Å². The second-order valence-electron chi connectivity index (χ2n) is 4.39. The van der Waals surface area contributed by atoms with Crippen LogP contribution in [0.4, 0.5) is 0 Å². The van der Waals surface area contributed by atoms with Gasteiger partial charge in [-0.15, -0.1) is 0 Å². The number of phenolic OH excluding ortho intramolecular Hbond substituents is 1. The average Bonchev–Trinajstić information content (AvgIpc) is 2.88. The zero-order valence-electron chi connectivity index (χ0n) is 11.7. The van der Waals surface area contributed by atoms with Crippen LogP contribution in [0.3, 0.4) is 0 Å². The fourth-order valence-electron chi connectivity index (χ4n) is 1.78. The molecule has 0 bridgehead atoms. The molecule has 2 rings (SSSR count). The van der Waals surface area contributed by atoms with Crippen molar-refractivity contribution in [2.75, 3.05) is 6.61 Å². The lowest BCUT2D eigenvalue weighted by Crippen LogP contribution is -1.93. The molecule has 110 valence electrons. The Balaban J connectivity index is 2.22. The Morgan fingerprint density at radius 3 is 2.81 bits per heavy atom. The topological polar surface area (TPSA) is 59.7 Å². The Hall–Kier alpha value is -2.01. The first-order chi connectivity index (χ1) is 10.0. The average molecular weight is 351 g/mol. The molecule has 1 N–H and O–H groups in total. The van der Waals surface area contributed by atoms with E-state index in [2.05, 4.69) is 15.9 Å². The van der Waals surface area contributed by atoms with Gasteiger partial charge in [-0.1, -0.05) is 6.08 Å². The maximum absolute atomic E-state index is 11.9. The maximum Gasteiger partial charge on any atom is 0.221 e. The number of benzene rings is 1. The van der Waals surface area contributed by atoms with Crippen molar-refractivity contribution < 1.29 is 19.1 Å². The number of ketones is 1. The van der Waals surface area contributed by atoms with Crippen LogP contribution >= 0.6 is 15.9 Å². The van der Waals surface area contributed by atoms with Gasteiger partial charge in [0.25, 0.3) is 0 Å². The Morgan fingerprint density at radius 2 is 2.19 bits per heavy atom. The maximum atomic E-state index is 11.9. The predicted molar refractivity (Wildman–Crippen MR) is 83.8 cm³/mol. The molecule has 4 nitrogen and oxygen atoms in total. The van der Waals surface area contributed by atoms with Crippen molar-refractivity contribution >= 4 is 27.8 Å². The van der Waals surface area contributed by atoms with Crippen LogP contribution in [0.1, 0.15) is 28.8 Å². The minimum Gasteiger partial charge on any atom is -0.503 e. The molecule has 0 unspecified atom stereocenters. The molecular weight excluding hydrogens is 336 g/mol. The first-order valence-corrected chi connectivity index (χ1v) is 7.24. The summed E-state index contributed by atoms with van der Waals surface area (Å²) in [6.07, 6.45) is 3.07. The lowest BCUT2D eigenvalue weighted by atomic mass is 10.1. The van der Waals surface area contributed by atoms with Crippen molar-refractivity contribution in [2.45, 2.75) is 13.8 Å². The molecule has 0 fully saturated rings. The van der Waals surface area contributed by atoms with Gasteiger partial charge in [0.05, 0.1) is 11.1 Å². The van der Waals surface area contributed by atoms with Crippen molar-refractivity contribution in [3.63, 3.8) is 0 Å². The standard InChI is InChI=1S/C16H15BrO4/c1-3-20-15-9-11(8-12(17)16(15)19)5-6-13(18)14-7-4-10(2)21-14/h4-9,19H,3H2,1-2H3/b6-5+. The minimum absolute atomic E-state index is 0.0435. The predicted octanol–water partition coefficient (Wildman–Crippen LogP) is 4.35. The highest BCUT2D eigenvalue weighted by Gasteiger charge is 2.09. The number of phenols is 1. The van der Waals surface area contributed by atoms with Gasteiger partial charge in [-0.05, 0) is 65.7 Å². The number of halogens is 1. The summed E-state index contributed by atoms with van der Waals surface area (Å²) in [6, 6.07) is 6.75. The Morgan fingerprint density at radius 1 is 1.43 bits per heavy atom. The molecule has 0 aliphatic heterocycles. The summed E-state index contributed by atoms with van der Waals surface area (Å²) in [4.78, 5) is 11.9. The first-order valence-electron chi connectivity index (χ1n) is 6.45. The minimum atomic E-state index is -0.217. The summed E-state index contributed by atoms with van der Waals surface area (Å²) in [5, 5.41) is 9.83. The van der Waals surface area contributed by atoms with E-state index in [0.29, 0.717) is 28.3 Å². The van der Waals surface area contributed by atoms with Gasteiger partial charge in [-0.25, -0.2) is 0 Å². The zero-order chi connectivity index (χ0) is 15.4. The molecule has 0 atom stereocenters. The van der Waals surface area contributed by atoms with Crippen molar-refractivity contribution in [3.05, 3.63) is 51.9 Å². The van der Waals surface area contributed by atoms with Gasteiger partial charge >= 0.3 is 0 Å². The second-order valence-corrected chi connectivity index (χ2v) is 5.24. The van der Waals surface area contributed by atoms with E-state index < -0.39 is 0 Å². The quantitative estimate of drug-likeness (QED) is 0.643. The van der Waals surface area contributed by atoms with Crippen LogP contribution in [0, 0.1) is 6.92 Å². The molecular formula is C16H15BrO4. The van der Waals surface area contributed by atoms with Crippen molar-refractivity contribution in [3.8, 4) is 11.5 Å². The normalized spacial score (nSPS) is 11.0. The van der Waals surface area contributed by atoms with E-state index in [-0.39, 0.29) is 11.5 Å². The number of allylic oxidation sites excluding steroid dienone is 1. The number of hydrogen-bond donors (Lipinski definition) is 1. The molecule has 1 aromatic carbocycles. The molecule has 5 heteroatoms. The first kappa shape index (κ1) is 15.4. The molecule has 0 amide bonds. The summed E-state index contributed by atoms with van der Waals surface area (Å²) >= 11 is 3.25. The summed E-state index contributed by atoms with van der Waals surface area (Å²) < 4.78 is 11.1. The van der Waals surface area contributed by atoms with Crippen LogP contribution < -0.4 is 4.74 Å². The van der Waals surface area contributed by atoms with Crippen LogP contribution in [0.15, 0.2) is 39.2 Å². The van der Waals surface area contributed by atoms with E-state index >= 15 is 0 Å². The van der Waals surface area contributed by atoms with Crippen LogP contribution in [-0.4, -0.2) is 17.5 Å². The summed E-state index contributed by atoms with van der Waals surface area (Å²) in [6.45, 7) is 4.06. The molecule has 1 aromatic heterocycles. The van der Waals surface area contributed by atoms with Crippen molar-refractivity contribution in [1.29, 1.82) is 0 Å². The number of aryl methyl sites for hydroxylation is 1. The van der Waals surface area contributed by atoms with E-state index in [0.717, 1.165) is 5.56 Å². The number of rotatable bonds is 5.